The highest BCUT2D eigenvalue weighted by molar-refractivity contribution is 7.90. The zero-order chi connectivity index (χ0) is 22.6. The lowest BCUT2D eigenvalue weighted by Gasteiger charge is -2.16. The second kappa shape index (κ2) is 9.41. The Morgan fingerprint density at radius 1 is 1.20 bits per heavy atom. The van der Waals surface area contributed by atoms with Crippen molar-refractivity contribution in [3.05, 3.63) is 67.7 Å². The van der Waals surface area contributed by atoms with Gasteiger partial charge in [0.1, 0.15) is 4.90 Å². The molecule has 9 nitrogen and oxygen atoms in total. The quantitative estimate of drug-likeness (QED) is 0.369. The zero-order valence-electron chi connectivity index (χ0n) is 15.7. The average molecular weight is 475 g/mol. The van der Waals surface area contributed by atoms with Gasteiger partial charge in [0, 0.05) is 22.4 Å². The van der Waals surface area contributed by atoms with Gasteiger partial charge in [-0.05, 0) is 36.8 Å². The molecule has 0 spiro atoms. The second-order valence-electron chi connectivity index (χ2n) is 6.24. The van der Waals surface area contributed by atoms with E-state index in [1.165, 1.54) is 6.07 Å². The van der Waals surface area contributed by atoms with E-state index >= 15 is 0 Å². The van der Waals surface area contributed by atoms with Crippen molar-refractivity contribution in [1.29, 1.82) is 0 Å². The van der Waals surface area contributed by atoms with Crippen LogP contribution in [0.2, 0.25) is 10.0 Å². The number of nitro groups is 1. The van der Waals surface area contributed by atoms with Crippen molar-refractivity contribution in [2.24, 2.45) is 0 Å². The third-order valence-electron chi connectivity index (χ3n) is 3.93. The Morgan fingerprint density at radius 3 is 2.43 bits per heavy atom. The number of sulfone groups is 1. The van der Waals surface area contributed by atoms with Crippen LogP contribution >= 0.6 is 23.2 Å². The highest BCUT2D eigenvalue weighted by Gasteiger charge is 2.25. The molecule has 0 heterocycles. The zero-order valence-corrected chi connectivity index (χ0v) is 18.0. The summed E-state index contributed by atoms with van der Waals surface area (Å²) in [5.41, 5.74) is -0.425. The van der Waals surface area contributed by atoms with E-state index in [4.69, 9.17) is 27.9 Å². The SMILES string of the molecule is C[C@@H](NC(=O)COC(=O)c1ccc(S(C)(=O)=O)c([N+](=O)[O-])c1)c1ccc(Cl)cc1Cl. The Kier molecular flexibility index (Phi) is 7.40. The largest absolute Gasteiger partial charge is 0.452 e. The van der Waals surface area contributed by atoms with Crippen molar-refractivity contribution >= 4 is 50.6 Å². The maximum Gasteiger partial charge on any atom is 0.338 e. The van der Waals surface area contributed by atoms with Gasteiger partial charge in [-0.3, -0.25) is 14.9 Å². The smallest absolute Gasteiger partial charge is 0.338 e. The molecule has 30 heavy (non-hydrogen) atoms. The standard InChI is InChI=1S/C18H16Cl2N2O7S/c1-10(13-5-4-12(19)8-14(13)20)21-17(23)9-29-18(24)11-3-6-16(30(2,27)28)15(7-11)22(25)26/h3-8,10H,9H2,1-2H3,(H,21,23)/t10-/m1/s1. The number of nitro benzene ring substituents is 1. The minimum Gasteiger partial charge on any atom is -0.452 e. The van der Waals surface area contributed by atoms with E-state index in [2.05, 4.69) is 5.32 Å². The van der Waals surface area contributed by atoms with Crippen LogP contribution in [-0.4, -0.2) is 38.1 Å². The summed E-state index contributed by atoms with van der Waals surface area (Å²) in [5.74, 6) is -1.66. The Bertz CT molecular complexity index is 1120. The average Bonchev–Trinajstić information content (AvgIpc) is 2.64. The molecule has 2 aromatic carbocycles. The van der Waals surface area contributed by atoms with Crippen LogP contribution in [0.5, 0.6) is 0 Å². The van der Waals surface area contributed by atoms with Crippen LogP contribution < -0.4 is 5.32 Å². The molecule has 1 N–H and O–H groups in total. The van der Waals surface area contributed by atoms with Gasteiger partial charge in [0.25, 0.3) is 11.6 Å². The summed E-state index contributed by atoms with van der Waals surface area (Å²) in [6.45, 7) is 1.01. The van der Waals surface area contributed by atoms with E-state index in [0.29, 0.717) is 15.6 Å². The van der Waals surface area contributed by atoms with E-state index in [1.807, 2.05) is 0 Å². The fraction of sp³-hybridized carbons (Fsp3) is 0.222. The molecule has 0 bridgehead atoms. The molecule has 2 aromatic rings. The topological polar surface area (TPSA) is 133 Å². The maximum absolute atomic E-state index is 12.1. The predicted octanol–water partition coefficient (Wildman–Crippen LogP) is 3.34. The Morgan fingerprint density at radius 2 is 1.87 bits per heavy atom. The summed E-state index contributed by atoms with van der Waals surface area (Å²) in [5, 5.41) is 14.5. The molecule has 0 fully saturated rings. The molecule has 0 aromatic heterocycles. The van der Waals surface area contributed by atoms with Crippen LogP contribution in [0.1, 0.15) is 28.9 Å². The third kappa shape index (κ3) is 5.91. The molecule has 0 saturated carbocycles. The van der Waals surface area contributed by atoms with Crippen molar-refractivity contribution in [1.82, 2.24) is 5.32 Å². The Hall–Kier alpha value is -2.69. The molecule has 0 aliphatic rings. The maximum atomic E-state index is 12.1. The van der Waals surface area contributed by atoms with Crippen LogP contribution in [0.25, 0.3) is 0 Å². The lowest BCUT2D eigenvalue weighted by molar-refractivity contribution is -0.387. The number of rotatable bonds is 7. The number of hydrogen-bond donors (Lipinski definition) is 1. The molecule has 1 amide bonds. The second-order valence-corrected chi connectivity index (χ2v) is 9.07. The van der Waals surface area contributed by atoms with E-state index < -0.39 is 49.9 Å². The van der Waals surface area contributed by atoms with Crippen LogP contribution in [0.4, 0.5) is 5.69 Å². The lowest BCUT2D eigenvalue weighted by atomic mass is 10.1. The molecular formula is C18H16Cl2N2O7S. The molecule has 12 heteroatoms. The third-order valence-corrected chi connectivity index (χ3v) is 5.64. The van der Waals surface area contributed by atoms with Gasteiger partial charge in [-0.2, -0.15) is 0 Å². The van der Waals surface area contributed by atoms with Crippen LogP contribution in [0, 0.1) is 10.1 Å². The van der Waals surface area contributed by atoms with E-state index in [9.17, 15) is 28.1 Å². The van der Waals surface area contributed by atoms with Crippen LogP contribution in [-0.2, 0) is 19.4 Å². The number of carbonyl (C=O) groups excluding carboxylic acids is 2. The molecule has 0 aliphatic heterocycles. The first-order chi connectivity index (χ1) is 13.9. The highest BCUT2D eigenvalue weighted by atomic mass is 35.5. The molecule has 0 radical (unpaired) electrons. The predicted molar refractivity (Wildman–Crippen MR) is 110 cm³/mol. The number of nitrogens with zero attached hydrogens (tertiary/aromatic N) is 1. The van der Waals surface area contributed by atoms with Crippen molar-refractivity contribution in [2.75, 3.05) is 12.9 Å². The summed E-state index contributed by atoms with van der Waals surface area (Å²) in [7, 11) is -3.87. The number of ether oxygens (including phenoxy) is 1. The number of carbonyl (C=O) groups is 2. The number of esters is 1. The molecule has 160 valence electrons. The van der Waals surface area contributed by atoms with E-state index in [-0.39, 0.29) is 5.56 Å². The van der Waals surface area contributed by atoms with Gasteiger partial charge in [0.15, 0.2) is 16.4 Å². The first-order valence-corrected chi connectivity index (χ1v) is 10.9. The molecule has 1 atom stereocenters. The fourth-order valence-corrected chi connectivity index (χ4v) is 3.93. The van der Waals surface area contributed by atoms with Crippen LogP contribution in [0.3, 0.4) is 0 Å². The van der Waals surface area contributed by atoms with Gasteiger partial charge in [-0.1, -0.05) is 29.3 Å². The summed E-state index contributed by atoms with van der Waals surface area (Å²) < 4.78 is 28.1. The van der Waals surface area contributed by atoms with Gasteiger partial charge in [0.05, 0.1) is 16.5 Å². The highest BCUT2D eigenvalue weighted by Crippen LogP contribution is 2.27. The molecular weight excluding hydrogens is 459 g/mol. The molecule has 0 unspecified atom stereocenters. The lowest BCUT2D eigenvalue weighted by Crippen LogP contribution is -2.31. The van der Waals surface area contributed by atoms with Crippen molar-refractivity contribution < 1.29 is 27.7 Å². The van der Waals surface area contributed by atoms with Gasteiger partial charge in [-0.25, -0.2) is 13.2 Å². The van der Waals surface area contributed by atoms with Crippen molar-refractivity contribution in [3.63, 3.8) is 0 Å². The van der Waals surface area contributed by atoms with Crippen LogP contribution in [0.15, 0.2) is 41.3 Å². The van der Waals surface area contributed by atoms with Gasteiger partial charge < -0.3 is 10.1 Å². The van der Waals surface area contributed by atoms with Gasteiger partial charge in [0.2, 0.25) is 0 Å². The van der Waals surface area contributed by atoms with Gasteiger partial charge in [-0.15, -0.1) is 0 Å². The first kappa shape index (κ1) is 23.6. The minimum atomic E-state index is -3.87. The van der Waals surface area contributed by atoms with Gasteiger partial charge >= 0.3 is 5.97 Å². The van der Waals surface area contributed by atoms with E-state index in [1.54, 1.807) is 19.1 Å². The molecule has 0 aliphatic carbocycles. The normalized spacial score (nSPS) is 12.1. The molecule has 0 saturated heterocycles. The van der Waals surface area contributed by atoms with Crippen molar-refractivity contribution in [3.8, 4) is 0 Å². The summed E-state index contributed by atoms with van der Waals surface area (Å²) in [6.07, 6.45) is 0.811. The fourth-order valence-electron chi connectivity index (χ4n) is 2.53. The number of nitrogens with one attached hydrogen (secondary N) is 1. The van der Waals surface area contributed by atoms with E-state index in [0.717, 1.165) is 24.5 Å². The first-order valence-electron chi connectivity index (χ1n) is 8.30. The number of amides is 1. The number of halogens is 2. The Labute approximate surface area is 182 Å². The monoisotopic (exact) mass is 474 g/mol. The minimum absolute atomic E-state index is 0.268. The summed E-state index contributed by atoms with van der Waals surface area (Å²) >= 11 is 11.9. The Balaban J connectivity index is 2.05. The summed E-state index contributed by atoms with van der Waals surface area (Å²) in [6, 6.07) is 7.06. The summed E-state index contributed by atoms with van der Waals surface area (Å²) in [4.78, 5) is 33.8. The number of hydrogen-bond acceptors (Lipinski definition) is 7. The van der Waals surface area contributed by atoms with Crippen molar-refractivity contribution in [2.45, 2.75) is 17.9 Å². The molecule has 2 rings (SSSR count). The number of benzene rings is 2.